The van der Waals surface area contributed by atoms with E-state index in [-0.39, 0.29) is 0 Å². The van der Waals surface area contributed by atoms with Crippen LogP contribution in [0.4, 0.5) is 0 Å². The minimum atomic E-state index is 0.841. The molecule has 0 unspecified atom stereocenters. The summed E-state index contributed by atoms with van der Waals surface area (Å²) in [6.45, 7) is 6.72. The molecule has 0 aromatic carbocycles. The first-order chi connectivity index (χ1) is 10.8. The van der Waals surface area contributed by atoms with Gasteiger partial charge in [0.05, 0.1) is 13.2 Å². The monoisotopic (exact) mass is 323 g/mol. The Bertz CT molecular complexity index is 439. The minimum Gasteiger partial charge on any atom is -0.383 e. The molecule has 3 atom stereocenters. The second-order valence-corrected chi connectivity index (χ2v) is 7.97. The molecule has 0 N–H and O–H groups in total. The number of fused-ring (bicyclic) bond motifs is 1. The normalized spacial score (nSPS) is 29.1. The van der Waals surface area contributed by atoms with Crippen LogP contribution in [0.25, 0.3) is 0 Å². The number of hydrogen-bond donors (Lipinski definition) is 0. The van der Waals surface area contributed by atoms with E-state index in [1.807, 2.05) is 6.20 Å². The van der Waals surface area contributed by atoms with E-state index >= 15 is 0 Å². The van der Waals surface area contributed by atoms with Crippen LogP contribution in [0.15, 0.2) is 11.6 Å². The Morgan fingerprint density at radius 3 is 3.09 bits per heavy atom. The average molecular weight is 324 g/mol. The summed E-state index contributed by atoms with van der Waals surface area (Å²) in [7, 11) is 4.03. The van der Waals surface area contributed by atoms with Gasteiger partial charge in [0, 0.05) is 44.9 Å². The van der Waals surface area contributed by atoms with Crippen molar-refractivity contribution in [3.63, 3.8) is 0 Å². The van der Waals surface area contributed by atoms with Crippen molar-refractivity contribution in [1.82, 2.24) is 14.8 Å². The Balaban J connectivity index is 1.53. The molecule has 3 rings (SSSR count). The highest BCUT2D eigenvalue weighted by Gasteiger charge is 2.40. The zero-order chi connectivity index (χ0) is 15.4. The molecular formula is C17H29N3OS. The van der Waals surface area contributed by atoms with E-state index in [9.17, 15) is 0 Å². The van der Waals surface area contributed by atoms with Crippen LogP contribution in [0.1, 0.15) is 24.3 Å². The molecule has 0 spiro atoms. The van der Waals surface area contributed by atoms with Gasteiger partial charge in [0.1, 0.15) is 5.01 Å². The molecule has 5 heteroatoms. The molecule has 1 aliphatic carbocycles. The molecule has 2 aliphatic rings. The maximum Gasteiger partial charge on any atom is 0.107 e. The van der Waals surface area contributed by atoms with Crippen LogP contribution in [0, 0.1) is 17.8 Å². The highest BCUT2D eigenvalue weighted by molar-refractivity contribution is 7.09. The zero-order valence-corrected chi connectivity index (χ0v) is 14.7. The third kappa shape index (κ3) is 4.07. The summed E-state index contributed by atoms with van der Waals surface area (Å²) in [6, 6.07) is 0. The van der Waals surface area contributed by atoms with Gasteiger partial charge in [0.2, 0.25) is 0 Å². The van der Waals surface area contributed by atoms with E-state index in [1.165, 1.54) is 43.9 Å². The summed E-state index contributed by atoms with van der Waals surface area (Å²) in [4.78, 5) is 9.55. The van der Waals surface area contributed by atoms with Crippen molar-refractivity contribution >= 4 is 11.3 Å². The summed E-state index contributed by atoms with van der Waals surface area (Å²) in [5, 5.41) is 3.36. The third-order valence-electron chi connectivity index (χ3n) is 5.39. The van der Waals surface area contributed by atoms with Gasteiger partial charge in [-0.25, -0.2) is 4.98 Å². The van der Waals surface area contributed by atoms with Crippen LogP contribution < -0.4 is 0 Å². The van der Waals surface area contributed by atoms with Gasteiger partial charge in [-0.3, -0.25) is 4.90 Å². The summed E-state index contributed by atoms with van der Waals surface area (Å²) in [5.41, 5.74) is 0. The van der Waals surface area contributed by atoms with Crippen LogP contribution in [0.3, 0.4) is 0 Å². The van der Waals surface area contributed by atoms with Crippen LogP contribution in [0.5, 0.6) is 0 Å². The number of thiazole rings is 1. The predicted molar refractivity (Wildman–Crippen MR) is 91.1 cm³/mol. The fraction of sp³-hybridized carbons (Fsp3) is 0.824. The Hall–Kier alpha value is -0.490. The van der Waals surface area contributed by atoms with Crippen LogP contribution in [-0.2, 0) is 11.3 Å². The van der Waals surface area contributed by atoms with Crippen molar-refractivity contribution in [3.05, 3.63) is 16.6 Å². The smallest absolute Gasteiger partial charge is 0.107 e. The van der Waals surface area contributed by atoms with E-state index in [0.717, 1.165) is 37.5 Å². The van der Waals surface area contributed by atoms with Gasteiger partial charge in [0.25, 0.3) is 0 Å². The highest BCUT2D eigenvalue weighted by Crippen LogP contribution is 2.40. The number of aromatic nitrogens is 1. The second kappa shape index (κ2) is 7.86. The lowest BCUT2D eigenvalue weighted by atomic mass is 9.74. The lowest BCUT2D eigenvalue weighted by molar-refractivity contribution is 0.117. The van der Waals surface area contributed by atoms with Crippen LogP contribution in [-0.4, -0.2) is 61.7 Å². The summed E-state index contributed by atoms with van der Waals surface area (Å²) >= 11 is 1.79. The third-order valence-corrected chi connectivity index (χ3v) is 6.15. The van der Waals surface area contributed by atoms with Crippen molar-refractivity contribution in [2.45, 2.75) is 25.8 Å². The van der Waals surface area contributed by atoms with Crippen molar-refractivity contribution in [2.24, 2.45) is 17.8 Å². The number of nitrogens with zero attached hydrogens (tertiary/aromatic N) is 3. The maximum absolute atomic E-state index is 5.21. The molecule has 1 saturated heterocycles. The molecule has 0 radical (unpaired) electrons. The molecule has 0 amide bonds. The number of methoxy groups -OCH3 is 1. The maximum atomic E-state index is 5.21. The summed E-state index contributed by atoms with van der Waals surface area (Å²) < 4.78 is 5.21. The first-order valence-electron chi connectivity index (χ1n) is 8.54. The van der Waals surface area contributed by atoms with Crippen molar-refractivity contribution in [3.8, 4) is 0 Å². The number of likely N-dealkylation sites (tertiary alicyclic amines) is 1. The molecular weight excluding hydrogens is 294 g/mol. The van der Waals surface area contributed by atoms with Gasteiger partial charge in [-0.05, 0) is 37.6 Å². The Labute approximate surface area is 138 Å². The van der Waals surface area contributed by atoms with E-state index in [1.54, 1.807) is 18.4 Å². The first-order valence-corrected chi connectivity index (χ1v) is 9.42. The molecule has 1 aliphatic heterocycles. The van der Waals surface area contributed by atoms with Gasteiger partial charge < -0.3 is 9.64 Å². The van der Waals surface area contributed by atoms with Crippen LogP contribution in [0.2, 0.25) is 0 Å². The van der Waals surface area contributed by atoms with Crippen molar-refractivity contribution in [1.29, 1.82) is 0 Å². The first kappa shape index (κ1) is 16.4. The molecule has 4 nitrogen and oxygen atoms in total. The van der Waals surface area contributed by atoms with E-state index < -0.39 is 0 Å². The Morgan fingerprint density at radius 1 is 1.41 bits per heavy atom. The molecule has 1 saturated carbocycles. The lowest BCUT2D eigenvalue weighted by Gasteiger charge is -2.35. The number of hydrogen-bond acceptors (Lipinski definition) is 5. The Morgan fingerprint density at radius 2 is 2.32 bits per heavy atom. The molecule has 124 valence electrons. The predicted octanol–water partition coefficient (Wildman–Crippen LogP) is 2.57. The minimum absolute atomic E-state index is 0.841. The van der Waals surface area contributed by atoms with Gasteiger partial charge in [0.15, 0.2) is 0 Å². The molecule has 22 heavy (non-hydrogen) atoms. The fourth-order valence-corrected chi connectivity index (χ4v) is 4.96. The van der Waals surface area contributed by atoms with E-state index in [2.05, 4.69) is 27.2 Å². The quantitative estimate of drug-likeness (QED) is 0.771. The summed E-state index contributed by atoms with van der Waals surface area (Å²) in [5.74, 6) is 2.66. The van der Waals surface area contributed by atoms with Crippen molar-refractivity contribution < 1.29 is 4.74 Å². The molecule has 2 fully saturated rings. The molecule has 1 aromatic heterocycles. The van der Waals surface area contributed by atoms with Crippen LogP contribution >= 0.6 is 11.3 Å². The van der Waals surface area contributed by atoms with Gasteiger partial charge in [-0.1, -0.05) is 6.42 Å². The molecule has 1 aromatic rings. The second-order valence-electron chi connectivity index (χ2n) is 6.99. The largest absolute Gasteiger partial charge is 0.383 e. The van der Waals surface area contributed by atoms with Gasteiger partial charge in [-0.2, -0.15) is 0 Å². The van der Waals surface area contributed by atoms with Gasteiger partial charge in [-0.15, -0.1) is 11.3 Å². The van der Waals surface area contributed by atoms with E-state index in [4.69, 9.17) is 4.74 Å². The van der Waals surface area contributed by atoms with Crippen molar-refractivity contribution in [2.75, 3.05) is 46.9 Å². The number of likely N-dealkylation sites (N-methyl/N-ethyl adjacent to an activating group) is 1. The number of rotatable bonds is 7. The highest BCUT2D eigenvalue weighted by atomic mass is 32.1. The topological polar surface area (TPSA) is 28.6 Å². The standard InChI is InChI=1S/C17H29N3OS/c1-19(7-8-21-2)10-14-4-3-5-15-11-20(12-16(14)15)13-17-18-6-9-22-17/h6,9,14-16H,3-5,7-8,10-13H2,1-2H3/t14-,15+,16+/m0/s1. The summed E-state index contributed by atoms with van der Waals surface area (Å²) in [6.07, 6.45) is 6.17. The Kier molecular flexibility index (Phi) is 5.85. The SMILES string of the molecule is COCCN(C)C[C@@H]1CCC[C@@H]2CN(Cc3nccs3)C[C@@H]21. The fourth-order valence-electron chi connectivity index (χ4n) is 4.30. The molecule has 2 heterocycles. The molecule has 0 bridgehead atoms. The van der Waals surface area contributed by atoms with Gasteiger partial charge >= 0.3 is 0 Å². The lowest BCUT2D eigenvalue weighted by Crippen LogP contribution is -2.37. The van der Waals surface area contributed by atoms with E-state index in [0.29, 0.717) is 0 Å². The zero-order valence-electron chi connectivity index (χ0n) is 13.9. The number of ether oxygens (including phenoxy) is 1. The average Bonchev–Trinajstić information content (AvgIpc) is 3.15.